The second kappa shape index (κ2) is 9.17. The van der Waals surface area contributed by atoms with Gasteiger partial charge in [-0.2, -0.15) is 5.10 Å². The zero-order chi connectivity index (χ0) is 17.4. The van der Waals surface area contributed by atoms with Crippen molar-refractivity contribution in [2.75, 3.05) is 20.8 Å². The Bertz CT molecular complexity index is 705. The van der Waals surface area contributed by atoms with Crippen molar-refractivity contribution >= 4 is 22.1 Å². The number of benzene rings is 2. The molecule has 1 N–H and O–H groups in total. The maximum absolute atomic E-state index is 5.49. The lowest BCUT2D eigenvalue weighted by Gasteiger charge is -2.09. The van der Waals surface area contributed by atoms with Crippen LogP contribution in [0.3, 0.4) is 0 Å². The Kier molecular flexibility index (Phi) is 6.93. The van der Waals surface area contributed by atoms with E-state index in [0.717, 1.165) is 21.3 Å². The smallest absolute Gasteiger partial charge is 0.161 e. The highest BCUT2D eigenvalue weighted by atomic mass is 79.9. The minimum atomic E-state index is 0.592. The van der Waals surface area contributed by atoms with E-state index < -0.39 is 0 Å². The van der Waals surface area contributed by atoms with E-state index in [1.165, 1.54) is 0 Å². The average molecular weight is 393 g/mol. The molecule has 0 amide bonds. The van der Waals surface area contributed by atoms with Gasteiger partial charge in [0.15, 0.2) is 11.5 Å². The van der Waals surface area contributed by atoms with E-state index in [1.54, 1.807) is 20.4 Å². The van der Waals surface area contributed by atoms with Crippen LogP contribution >= 0.6 is 15.9 Å². The molecule has 0 unspecified atom stereocenters. The Hall–Kier alpha value is -2.21. The maximum atomic E-state index is 5.49. The van der Waals surface area contributed by atoms with Crippen LogP contribution in [0.1, 0.15) is 18.1 Å². The van der Waals surface area contributed by atoms with E-state index in [1.807, 2.05) is 43.3 Å². The van der Waals surface area contributed by atoms with E-state index in [0.29, 0.717) is 24.7 Å². The van der Waals surface area contributed by atoms with Crippen molar-refractivity contribution in [2.45, 2.75) is 13.5 Å². The number of ether oxygens (including phenoxy) is 3. The van der Waals surface area contributed by atoms with Crippen LogP contribution in [0, 0.1) is 0 Å². The summed E-state index contributed by atoms with van der Waals surface area (Å²) < 4.78 is 16.9. The van der Waals surface area contributed by atoms with Crippen molar-refractivity contribution in [1.82, 2.24) is 5.43 Å². The van der Waals surface area contributed by atoms with Crippen LogP contribution in [0.15, 0.2) is 46.0 Å². The summed E-state index contributed by atoms with van der Waals surface area (Å²) in [6, 6.07) is 11.6. The molecule has 5 nitrogen and oxygen atoms in total. The Morgan fingerprint density at radius 2 is 1.79 bits per heavy atom. The fourth-order valence-corrected chi connectivity index (χ4v) is 2.63. The highest BCUT2D eigenvalue weighted by molar-refractivity contribution is 9.10. The third kappa shape index (κ3) is 4.89. The van der Waals surface area contributed by atoms with Gasteiger partial charge in [-0.05, 0) is 64.3 Å². The fourth-order valence-electron chi connectivity index (χ4n) is 2.12. The van der Waals surface area contributed by atoms with E-state index in [4.69, 9.17) is 14.2 Å². The SMILES string of the molecule is CCOc1ccc(/C=N\NCc2ccc(OC)c(OC)c2)cc1Br. The highest BCUT2D eigenvalue weighted by Crippen LogP contribution is 2.27. The summed E-state index contributed by atoms with van der Waals surface area (Å²) >= 11 is 3.49. The lowest BCUT2D eigenvalue weighted by atomic mass is 10.2. The number of hydrogen-bond acceptors (Lipinski definition) is 5. The topological polar surface area (TPSA) is 52.1 Å². The van der Waals surface area contributed by atoms with Crippen LogP contribution in [-0.2, 0) is 6.54 Å². The molecule has 2 rings (SSSR count). The van der Waals surface area contributed by atoms with Crippen LogP contribution in [0.4, 0.5) is 0 Å². The summed E-state index contributed by atoms with van der Waals surface area (Å²) in [4.78, 5) is 0. The molecule has 0 saturated heterocycles. The first kappa shape index (κ1) is 18.1. The van der Waals surface area contributed by atoms with Gasteiger partial charge in [-0.3, -0.25) is 0 Å². The third-order valence-electron chi connectivity index (χ3n) is 3.29. The van der Waals surface area contributed by atoms with Gasteiger partial charge in [0.25, 0.3) is 0 Å². The van der Waals surface area contributed by atoms with Gasteiger partial charge < -0.3 is 19.6 Å². The van der Waals surface area contributed by atoms with Gasteiger partial charge in [0, 0.05) is 0 Å². The molecule has 2 aromatic rings. The van der Waals surface area contributed by atoms with Gasteiger partial charge in [0.05, 0.1) is 38.1 Å². The minimum absolute atomic E-state index is 0.592. The first-order valence-corrected chi connectivity index (χ1v) is 8.36. The van der Waals surface area contributed by atoms with Gasteiger partial charge in [0.1, 0.15) is 5.75 Å². The molecule has 0 aliphatic heterocycles. The molecular formula is C18H21BrN2O3. The van der Waals surface area contributed by atoms with E-state index in [-0.39, 0.29) is 0 Å². The van der Waals surface area contributed by atoms with Crippen molar-refractivity contribution in [3.8, 4) is 17.2 Å². The number of methoxy groups -OCH3 is 2. The molecule has 0 aliphatic carbocycles. The molecule has 0 bridgehead atoms. The number of nitrogens with zero attached hydrogens (tertiary/aromatic N) is 1. The Balaban J connectivity index is 1.94. The second-order valence-corrected chi connectivity index (χ2v) is 5.76. The van der Waals surface area contributed by atoms with Crippen molar-refractivity contribution in [3.05, 3.63) is 52.0 Å². The van der Waals surface area contributed by atoms with Crippen molar-refractivity contribution in [1.29, 1.82) is 0 Å². The summed E-state index contributed by atoms with van der Waals surface area (Å²) in [6.07, 6.45) is 1.77. The van der Waals surface area contributed by atoms with Crippen LogP contribution in [0.2, 0.25) is 0 Å². The molecule has 0 atom stereocenters. The predicted molar refractivity (Wildman–Crippen MR) is 99.3 cm³/mol. The summed E-state index contributed by atoms with van der Waals surface area (Å²) in [7, 11) is 3.24. The van der Waals surface area contributed by atoms with Crippen molar-refractivity contribution < 1.29 is 14.2 Å². The lowest BCUT2D eigenvalue weighted by Crippen LogP contribution is -2.06. The monoisotopic (exact) mass is 392 g/mol. The van der Waals surface area contributed by atoms with E-state index in [2.05, 4.69) is 26.5 Å². The van der Waals surface area contributed by atoms with Gasteiger partial charge in [-0.1, -0.05) is 6.07 Å². The molecule has 0 aromatic heterocycles. The predicted octanol–water partition coefficient (Wildman–Crippen LogP) is 3.99. The summed E-state index contributed by atoms with van der Waals surface area (Å²) in [5, 5.41) is 4.24. The van der Waals surface area contributed by atoms with Crippen molar-refractivity contribution in [2.24, 2.45) is 5.10 Å². The minimum Gasteiger partial charge on any atom is -0.493 e. The van der Waals surface area contributed by atoms with Gasteiger partial charge in [-0.15, -0.1) is 0 Å². The standard InChI is InChI=1S/C18H21BrN2O3/c1-4-24-16-7-5-13(9-15(16)19)11-20-21-12-14-6-8-17(22-2)18(10-14)23-3/h5-11,21H,4,12H2,1-3H3/b20-11-. The quantitative estimate of drug-likeness (QED) is 0.544. The van der Waals surface area contributed by atoms with E-state index in [9.17, 15) is 0 Å². The molecular weight excluding hydrogens is 372 g/mol. The Labute approximate surface area is 150 Å². The van der Waals surface area contributed by atoms with Gasteiger partial charge in [-0.25, -0.2) is 0 Å². The van der Waals surface area contributed by atoms with Crippen LogP contribution < -0.4 is 19.6 Å². The molecule has 128 valence electrons. The van der Waals surface area contributed by atoms with Gasteiger partial charge >= 0.3 is 0 Å². The fraction of sp³-hybridized carbons (Fsp3) is 0.278. The molecule has 0 fully saturated rings. The Morgan fingerprint density at radius 3 is 2.46 bits per heavy atom. The number of nitrogens with one attached hydrogen (secondary N) is 1. The molecule has 0 radical (unpaired) electrons. The molecule has 0 aliphatic rings. The molecule has 2 aromatic carbocycles. The zero-order valence-corrected chi connectivity index (χ0v) is 15.6. The number of halogens is 1. The maximum Gasteiger partial charge on any atom is 0.161 e. The third-order valence-corrected chi connectivity index (χ3v) is 3.91. The van der Waals surface area contributed by atoms with E-state index >= 15 is 0 Å². The van der Waals surface area contributed by atoms with Crippen LogP contribution in [0.5, 0.6) is 17.2 Å². The highest BCUT2D eigenvalue weighted by Gasteiger charge is 2.04. The molecule has 6 heteroatoms. The number of hydrazone groups is 1. The largest absolute Gasteiger partial charge is 0.493 e. The van der Waals surface area contributed by atoms with Crippen LogP contribution in [0.25, 0.3) is 0 Å². The van der Waals surface area contributed by atoms with Gasteiger partial charge in [0.2, 0.25) is 0 Å². The van der Waals surface area contributed by atoms with Crippen molar-refractivity contribution in [3.63, 3.8) is 0 Å². The molecule has 24 heavy (non-hydrogen) atoms. The molecule has 0 heterocycles. The zero-order valence-electron chi connectivity index (χ0n) is 14.0. The summed E-state index contributed by atoms with van der Waals surface area (Å²) in [6.45, 7) is 3.19. The number of hydrogen-bond donors (Lipinski definition) is 1. The normalized spacial score (nSPS) is 10.7. The summed E-state index contributed by atoms with van der Waals surface area (Å²) in [5.41, 5.74) is 5.06. The van der Waals surface area contributed by atoms with Crippen LogP contribution in [-0.4, -0.2) is 27.0 Å². The number of rotatable bonds is 8. The summed E-state index contributed by atoms with van der Waals surface area (Å²) in [5.74, 6) is 2.24. The average Bonchev–Trinajstić information content (AvgIpc) is 2.60. The molecule has 0 saturated carbocycles. The Morgan fingerprint density at radius 1 is 1.04 bits per heavy atom. The second-order valence-electron chi connectivity index (χ2n) is 4.91. The first-order chi connectivity index (χ1) is 11.7. The molecule has 0 spiro atoms. The first-order valence-electron chi connectivity index (χ1n) is 7.57. The lowest BCUT2D eigenvalue weighted by molar-refractivity contribution is 0.338.